The fourth-order valence-corrected chi connectivity index (χ4v) is 4.96. The average Bonchev–Trinajstić information content (AvgIpc) is 3.40. The number of piperazine rings is 1. The van der Waals surface area contributed by atoms with Crippen LogP contribution in [0.15, 0.2) is 24.3 Å². The Morgan fingerprint density at radius 2 is 1.72 bits per heavy atom. The molecule has 2 N–H and O–H groups in total. The first kappa shape index (κ1) is 22.7. The normalized spacial score (nSPS) is 28.5. The lowest BCUT2D eigenvalue weighted by Gasteiger charge is -2.36. The number of likely N-dealkylation sites (N-methyl/N-ethyl adjacent to an activating group) is 2. The lowest BCUT2D eigenvalue weighted by Crippen LogP contribution is -2.52. The van der Waals surface area contributed by atoms with E-state index in [2.05, 4.69) is 10.2 Å². The Balaban J connectivity index is 1.41. The largest absolute Gasteiger partial charge is 0.480 e. The predicted octanol–water partition coefficient (Wildman–Crippen LogP) is 0.375. The molecule has 3 heterocycles. The highest BCUT2D eigenvalue weighted by Crippen LogP contribution is 2.45. The lowest BCUT2D eigenvalue weighted by atomic mass is 9.78. The number of carboxylic acids is 1. The van der Waals surface area contributed by atoms with Gasteiger partial charge in [0.1, 0.15) is 11.8 Å². The van der Waals surface area contributed by atoms with Crippen LogP contribution in [0.25, 0.3) is 0 Å². The van der Waals surface area contributed by atoms with Gasteiger partial charge in [-0.25, -0.2) is 0 Å². The molecule has 3 fully saturated rings. The van der Waals surface area contributed by atoms with Gasteiger partial charge in [0.05, 0.1) is 24.0 Å². The summed E-state index contributed by atoms with van der Waals surface area (Å²) in [6, 6.07) is 6.14. The van der Waals surface area contributed by atoms with Gasteiger partial charge < -0.3 is 29.7 Å². The van der Waals surface area contributed by atoms with E-state index in [9.17, 15) is 19.5 Å². The third-order valence-electron chi connectivity index (χ3n) is 6.87. The molecule has 3 saturated heterocycles. The van der Waals surface area contributed by atoms with Gasteiger partial charge >= 0.3 is 11.9 Å². The van der Waals surface area contributed by atoms with Crippen molar-refractivity contribution < 1.29 is 29.0 Å². The van der Waals surface area contributed by atoms with Gasteiger partial charge in [-0.1, -0.05) is 12.1 Å². The molecule has 3 unspecified atom stereocenters. The third kappa shape index (κ3) is 4.65. The van der Waals surface area contributed by atoms with E-state index in [1.807, 2.05) is 11.9 Å². The highest BCUT2D eigenvalue weighted by Gasteiger charge is 2.57. The third-order valence-corrected chi connectivity index (χ3v) is 6.87. The van der Waals surface area contributed by atoms with E-state index >= 15 is 0 Å². The second kappa shape index (κ2) is 9.56. The molecule has 3 aliphatic heterocycles. The van der Waals surface area contributed by atoms with Crippen LogP contribution in [0.3, 0.4) is 0 Å². The maximum atomic E-state index is 13.3. The molecule has 1 aromatic rings. The maximum absolute atomic E-state index is 13.3. The van der Waals surface area contributed by atoms with Crippen LogP contribution in [0.2, 0.25) is 0 Å². The van der Waals surface area contributed by atoms with Gasteiger partial charge in [0.2, 0.25) is 5.91 Å². The summed E-state index contributed by atoms with van der Waals surface area (Å²) in [5.41, 5.74) is 0.818. The number of nitrogens with zero attached hydrogens (tertiary/aromatic N) is 2. The molecule has 32 heavy (non-hydrogen) atoms. The molecule has 1 amide bonds. The molecule has 0 aliphatic carbocycles. The summed E-state index contributed by atoms with van der Waals surface area (Å²) in [7, 11) is 3.64. The summed E-state index contributed by atoms with van der Waals surface area (Å²) in [6.07, 6.45) is 1.38. The summed E-state index contributed by atoms with van der Waals surface area (Å²) in [5.74, 6) is -2.07. The Hall–Kier alpha value is -2.49. The molecule has 0 aromatic heterocycles. The number of carboxylic acid groups (broad SMARTS) is 1. The Morgan fingerprint density at radius 1 is 1.09 bits per heavy atom. The van der Waals surface area contributed by atoms with Crippen LogP contribution in [0, 0.1) is 11.8 Å². The monoisotopic (exact) mass is 445 g/mol. The van der Waals surface area contributed by atoms with Crippen molar-refractivity contribution in [1.82, 2.24) is 15.1 Å². The number of hydrogen-bond acceptors (Lipinski definition) is 7. The molecule has 174 valence electrons. The zero-order valence-corrected chi connectivity index (χ0v) is 18.5. The maximum Gasteiger partial charge on any atom is 0.321 e. The average molecular weight is 446 g/mol. The van der Waals surface area contributed by atoms with Crippen LogP contribution in [0.5, 0.6) is 5.75 Å². The van der Waals surface area contributed by atoms with Gasteiger partial charge in [-0.05, 0) is 51.1 Å². The Bertz CT molecular complexity index is 852. The second-order valence-electron chi connectivity index (χ2n) is 8.92. The van der Waals surface area contributed by atoms with Gasteiger partial charge in [-0.2, -0.15) is 0 Å². The van der Waals surface area contributed by atoms with Gasteiger partial charge in [-0.3, -0.25) is 14.4 Å². The number of ether oxygens (including phenoxy) is 2. The van der Waals surface area contributed by atoms with E-state index < -0.39 is 29.8 Å². The van der Waals surface area contributed by atoms with Gasteiger partial charge in [0.15, 0.2) is 0 Å². The standard InChI is InChI=1S/C23H31N3O6/c1-24-16(22(28)29)13-14-3-5-15(6-4-14)31-23(30)20-18-8-7-17(32-18)19(20)21(27)26-11-9-25(2)10-12-26/h3-6,16-20,24H,7-13H2,1-2H3,(H,28,29)/t16?,17-,18+,19?,20?/m0/s1. The summed E-state index contributed by atoms with van der Waals surface area (Å²) < 4.78 is 11.6. The molecular weight excluding hydrogens is 414 g/mol. The highest BCUT2D eigenvalue weighted by atomic mass is 16.5. The van der Waals surface area contributed by atoms with Crippen molar-refractivity contribution in [1.29, 1.82) is 0 Å². The molecule has 0 radical (unpaired) electrons. The smallest absolute Gasteiger partial charge is 0.321 e. The van der Waals surface area contributed by atoms with E-state index in [0.29, 0.717) is 25.3 Å². The van der Waals surface area contributed by atoms with Crippen molar-refractivity contribution in [2.45, 2.75) is 37.5 Å². The summed E-state index contributed by atoms with van der Waals surface area (Å²) in [5, 5.41) is 11.9. The molecule has 1 aromatic carbocycles. The van der Waals surface area contributed by atoms with Crippen molar-refractivity contribution in [2.75, 3.05) is 40.3 Å². The second-order valence-corrected chi connectivity index (χ2v) is 8.92. The van der Waals surface area contributed by atoms with Gasteiger partial charge in [-0.15, -0.1) is 0 Å². The summed E-state index contributed by atoms with van der Waals surface area (Å²) in [6.45, 7) is 2.98. The molecule has 0 spiro atoms. The number of aliphatic carboxylic acids is 1. The minimum atomic E-state index is -0.921. The van der Waals surface area contributed by atoms with Crippen molar-refractivity contribution in [3.8, 4) is 5.75 Å². The molecule has 9 nitrogen and oxygen atoms in total. The topological polar surface area (TPSA) is 108 Å². The predicted molar refractivity (Wildman–Crippen MR) is 115 cm³/mol. The van der Waals surface area contributed by atoms with E-state index in [4.69, 9.17) is 9.47 Å². The fourth-order valence-electron chi connectivity index (χ4n) is 4.96. The van der Waals surface area contributed by atoms with Crippen LogP contribution in [-0.4, -0.2) is 91.3 Å². The number of carbonyl (C=O) groups is 3. The van der Waals surface area contributed by atoms with Gasteiger partial charge in [0.25, 0.3) is 0 Å². The zero-order valence-electron chi connectivity index (χ0n) is 18.5. The molecule has 3 aliphatic rings. The number of benzene rings is 1. The van der Waals surface area contributed by atoms with Crippen LogP contribution in [0.4, 0.5) is 0 Å². The van der Waals surface area contributed by atoms with Crippen LogP contribution < -0.4 is 10.1 Å². The highest BCUT2D eigenvalue weighted by molar-refractivity contribution is 5.88. The van der Waals surface area contributed by atoms with E-state index in [1.165, 1.54) is 0 Å². The minimum Gasteiger partial charge on any atom is -0.480 e. The first-order valence-electron chi connectivity index (χ1n) is 11.2. The van der Waals surface area contributed by atoms with Crippen molar-refractivity contribution >= 4 is 17.8 Å². The molecule has 4 rings (SSSR count). The lowest BCUT2D eigenvalue weighted by molar-refractivity contribution is -0.149. The van der Waals surface area contributed by atoms with Gasteiger partial charge in [0, 0.05) is 26.2 Å². The molecular formula is C23H31N3O6. The fraction of sp³-hybridized carbons (Fsp3) is 0.609. The van der Waals surface area contributed by atoms with Crippen LogP contribution in [-0.2, 0) is 25.5 Å². The number of carbonyl (C=O) groups excluding carboxylic acids is 2. The van der Waals surface area contributed by atoms with Crippen molar-refractivity contribution in [3.05, 3.63) is 29.8 Å². The molecule has 5 atom stereocenters. The Kier molecular flexibility index (Phi) is 6.78. The summed E-state index contributed by atoms with van der Waals surface area (Å²) >= 11 is 0. The summed E-state index contributed by atoms with van der Waals surface area (Å²) in [4.78, 5) is 41.6. The zero-order chi connectivity index (χ0) is 22.8. The Labute approximate surface area is 187 Å². The van der Waals surface area contributed by atoms with Crippen LogP contribution in [0.1, 0.15) is 18.4 Å². The minimum absolute atomic E-state index is 0.00521. The van der Waals surface area contributed by atoms with E-state index in [1.54, 1.807) is 31.3 Å². The SMILES string of the molecule is CNC(Cc1ccc(OC(=O)C2C(C(=O)N3CCN(C)CC3)[C@@H]3CC[C@H]2O3)cc1)C(=O)O. The van der Waals surface area contributed by atoms with Crippen molar-refractivity contribution in [2.24, 2.45) is 11.8 Å². The number of esters is 1. The molecule has 9 heteroatoms. The number of amides is 1. The number of rotatable bonds is 7. The van der Waals surface area contributed by atoms with E-state index in [0.717, 1.165) is 31.5 Å². The number of nitrogens with one attached hydrogen (secondary N) is 1. The molecule has 0 saturated carbocycles. The quantitative estimate of drug-likeness (QED) is 0.458. The number of hydrogen-bond donors (Lipinski definition) is 2. The van der Waals surface area contributed by atoms with E-state index in [-0.39, 0.29) is 18.1 Å². The van der Waals surface area contributed by atoms with Crippen LogP contribution >= 0.6 is 0 Å². The Morgan fingerprint density at radius 3 is 2.31 bits per heavy atom. The number of fused-ring (bicyclic) bond motifs is 2. The molecule has 2 bridgehead atoms. The first-order chi connectivity index (χ1) is 15.4. The first-order valence-corrected chi connectivity index (χ1v) is 11.2. The van der Waals surface area contributed by atoms with Crippen molar-refractivity contribution in [3.63, 3.8) is 0 Å².